The van der Waals surface area contributed by atoms with E-state index in [0.29, 0.717) is 24.7 Å². The molecule has 0 bridgehead atoms. The molecule has 17 heavy (non-hydrogen) atoms. The molecule has 0 aromatic heterocycles. The Hall–Kier alpha value is -1.42. The summed E-state index contributed by atoms with van der Waals surface area (Å²) in [7, 11) is 1.30. The number of rotatable bonds is 5. The quantitative estimate of drug-likeness (QED) is 0.762. The zero-order valence-corrected chi connectivity index (χ0v) is 10.8. The van der Waals surface area contributed by atoms with Gasteiger partial charge in [0, 0.05) is 12.1 Å². The van der Waals surface area contributed by atoms with E-state index in [2.05, 4.69) is 4.74 Å². The number of carbonyl (C=O) groups is 1. The third-order valence-corrected chi connectivity index (χ3v) is 2.35. The maximum absolute atomic E-state index is 11.5. The summed E-state index contributed by atoms with van der Waals surface area (Å²) in [4.78, 5) is 11.5. The minimum absolute atomic E-state index is 0.265. The van der Waals surface area contributed by atoms with Gasteiger partial charge in [0.25, 0.3) is 0 Å². The van der Waals surface area contributed by atoms with Crippen LogP contribution in [0.15, 0.2) is 12.1 Å². The zero-order valence-electron chi connectivity index (χ0n) is 10.1. The van der Waals surface area contributed by atoms with Crippen molar-refractivity contribution in [3.8, 4) is 11.5 Å². The van der Waals surface area contributed by atoms with E-state index >= 15 is 0 Å². The van der Waals surface area contributed by atoms with Crippen molar-refractivity contribution < 1.29 is 19.0 Å². The van der Waals surface area contributed by atoms with Crippen molar-refractivity contribution in [3.05, 3.63) is 22.7 Å². The molecule has 0 radical (unpaired) electrons. The van der Waals surface area contributed by atoms with Crippen molar-refractivity contribution in [2.45, 2.75) is 13.8 Å². The van der Waals surface area contributed by atoms with Gasteiger partial charge in [0.2, 0.25) is 0 Å². The smallest absolute Gasteiger partial charge is 0.339 e. The minimum atomic E-state index is -0.501. The normalized spacial score (nSPS) is 9.88. The lowest BCUT2D eigenvalue weighted by atomic mass is 10.2. The maximum atomic E-state index is 11.5. The van der Waals surface area contributed by atoms with E-state index in [1.807, 2.05) is 13.8 Å². The van der Waals surface area contributed by atoms with Crippen LogP contribution in [-0.4, -0.2) is 26.3 Å². The molecular formula is C12H15ClO4. The molecule has 0 amide bonds. The fraction of sp³-hybridized carbons (Fsp3) is 0.417. The first-order valence-corrected chi connectivity index (χ1v) is 5.69. The molecule has 0 N–H and O–H groups in total. The lowest BCUT2D eigenvalue weighted by Crippen LogP contribution is -2.05. The van der Waals surface area contributed by atoms with Gasteiger partial charge in [-0.15, -0.1) is 0 Å². The van der Waals surface area contributed by atoms with Gasteiger partial charge in [-0.3, -0.25) is 0 Å². The number of esters is 1. The molecular weight excluding hydrogens is 244 g/mol. The van der Waals surface area contributed by atoms with Crippen molar-refractivity contribution in [2.75, 3.05) is 20.3 Å². The molecule has 94 valence electrons. The second-order valence-corrected chi connectivity index (χ2v) is 3.54. The van der Waals surface area contributed by atoms with Crippen LogP contribution in [0.2, 0.25) is 5.02 Å². The van der Waals surface area contributed by atoms with Crippen molar-refractivity contribution in [3.63, 3.8) is 0 Å². The standard InChI is InChI=1S/C12H15ClO4/c1-4-16-10-6-8(12(14)15-3)9(13)7-11(10)17-5-2/h6-7H,4-5H2,1-3H3. The lowest BCUT2D eigenvalue weighted by Gasteiger charge is -2.13. The fourth-order valence-electron chi connectivity index (χ4n) is 1.34. The van der Waals surface area contributed by atoms with E-state index in [-0.39, 0.29) is 10.6 Å². The molecule has 5 heteroatoms. The van der Waals surface area contributed by atoms with Gasteiger partial charge >= 0.3 is 5.97 Å². The lowest BCUT2D eigenvalue weighted by molar-refractivity contribution is 0.0600. The molecule has 0 aliphatic carbocycles. The molecule has 0 fully saturated rings. The van der Waals surface area contributed by atoms with Crippen LogP contribution in [-0.2, 0) is 4.74 Å². The molecule has 1 rings (SSSR count). The Labute approximate surface area is 105 Å². The highest BCUT2D eigenvalue weighted by Gasteiger charge is 2.16. The van der Waals surface area contributed by atoms with Crippen LogP contribution in [0.3, 0.4) is 0 Å². The monoisotopic (exact) mass is 258 g/mol. The van der Waals surface area contributed by atoms with Crippen LogP contribution in [0.1, 0.15) is 24.2 Å². The Balaban J connectivity index is 3.18. The fourth-order valence-corrected chi connectivity index (χ4v) is 1.57. The molecule has 0 aliphatic rings. The van der Waals surface area contributed by atoms with Crippen LogP contribution in [0, 0.1) is 0 Å². The number of carbonyl (C=O) groups excluding carboxylic acids is 1. The Morgan fingerprint density at radius 1 is 1.18 bits per heavy atom. The molecule has 0 heterocycles. The molecule has 4 nitrogen and oxygen atoms in total. The SMILES string of the molecule is CCOc1cc(Cl)c(C(=O)OC)cc1OCC. The zero-order chi connectivity index (χ0) is 12.8. The molecule has 0 aliphatic heterocycles. The van der Waals surface area contributed by atoms with Crippen LogP contribution in [0.25, 0.3) is 0 Å². The van der Waals surface area contributed by atoms with Gasteiger partial charge in [0.05, 0.1) is 30.9 Å². The number of methoxy groups -OCH3 is 1. The topological polar surface area (TPSA) is 44.8 Å². The third kappa shape index (κ3) is 3.27. The van der Waals surface area contributed by atoms with Gasteiger partial charge in [-0.2, -0.15) is 0 Å². The minimum Gasteiger partial charge on any atom is -0.490 e. The number of ether oxygens (including phenoxy) is 3. The Kier molecular flexibility index (Phi) is 5.10. The van der Waals surface area contributed by atoms with Gasteiger partial charge in [-0.1, -0.05) is 11.6 Å². The van der Waals surface area contributed by atoms with E-state index in [1.54, 1.807) is 6.07 Å². The second kappa shape index (κ2) is 6.35. The van der Waals surface area contributed by atoms with Crippen LogP contribution in [0.5, 0.6) is 11.5 Å². The highest BCUT2D eigenvalue weighted by Crippen LogP contribution is 2.33. The van der Waals surface area contributed by atoms with Gasteiger partial charge < -0.3 is 14.2 Å². The second-order valence-electron chi connectivity index (χ2n) is 3.14. The Morgan fingerprint density at radius 3 is 2.18 bits per heavy atom. The summed E-state index contributed by atoms with van der Waals surface area (Å²) in [5, 5.41) is 0.281. The summed E-state index contributed by atoms with van der Waals surface area (Å²) >= 11 is 5.97. The van der Waals surface area contributed by atoms with E-state index in [0.717, 1.165) is 0 Å². The van der Waals surface area contributed by atoms with Gasteiger partial charge in [0.15, 0.2) is 11.5 Å². The Morgan fingerprint density at radius 2 is 1.71 bits per heavy atom. The van der Waals surface area contributed by atoms with Crippen molar-refractivity contribution in [1.82, 2.24) is 0 Å². The number of hydrogen-bond donors (Lipinski definition) is 0. The highest BCUT2D eigenvalue weighted by atomic mass is 35.5. The largest absolute Gasteiger partial charge is 0.490 e. The predicted molar refractivity (Wildman–Crippen MR) is 65.1 cm³/mol. The molecule has 0 unspecified atom stereocenters. The van der Waals surface area contributed by atoms with Crippen LogP contribution < -0.4 is 9.47 Å². The molecule has 1 aromatic rings. The number of hydrogen-bond acceptors (Lipinski definition) is 4. The number of benzene rings is 1. The highest BCUT2D eigenvalue weighted by molar-refractivity contribution is 6.33. The average Bonchev–Trinajstić information content (AvgIpc) is 2.32. The van der Waals surface area contributed by atoms with Crippen molar-refractivity contribution in [2.24, 2.45) is 0 Å². The van der Waals surface area contributed by atoms with Crippen molar-refractivity contribution in [1.29, 1.82) is 0 Å². The average molecular weight is 259 g/mol. The number of halogens is 1. The van der Waals surface area contributed by atoms with Gasteiger partial charge in [-0.05, 0) is 13.8 Å². The molecule has 0 atom stereocenters. The van der Waals surface area contributed by atoms with Crippen molar-refractivity contribution >= 4 is 17.6 Å². The first-order chi connectivity index (χ1) is 8.13. The predicted octanol–water partition coefficient (Wildman–Crippen LogP) is 2.92. The molecule has 0 spiro atoms. The van der Waals surface area contributed by atoms with Gasteiger partial charge in [-0.25, -0.2) is 4.79 Å². The summed E-state index contributed by atoms with van der Waals surface area (Å²) in [5.41, 5.74) is 0.265. The summed E-state index contributed by atoms with van der Waals surface area (Å²) in [6.45, 7) is 4.68. The summed E-state index contributed by atoms with van der Waals surface area (Å²) in [6, 6.07) is 3.09. The maximum Gasteiger partial charge on any atom is 0.339 e. The van der Waals surface area contributed by atoms with E-state index < -0.39 is 5.97 Å². The Bertz CT molecular complexity index is 404. The van der Waals surface area contributed by atoms with Gasteiger partial charge in [0.1, 0.15) is 0 Å². The summed E-state index contributed by atoms with van der Waals surface area (Å²) in [5.74, 6) is 0.505. The van der Waals surface area contributed by atoms with E-state index in [4.69, 9.17) is 21.1 Å². The summed E-state index contributed by atoms with van der Waals surface area (Å²) in [6.07, 6.45) is 0. The van der Waals surface area contributed by atoms with Crippen LogP contribution >= 0.6 is 11.6 Å². The molecule has 1 aromatic carbocycles. The van der Waals surface area contributed by atoms with E-state index in [1.165, 1.54) is 13.2 Å². The molecule has 0 saturated heterocycles. The van der Waals surface area contributed by atoms with Crippen LogP contribution in [0.4, 0.5) is 0 Å². The third-order valence-electron chi connectivity index (χ3n) is 2.04. The molecule has 0 saturated carbocycles. The van der Waals surface area contributed by atoms with E-state index in [9.17, 15) is 4.79 Å². The first kappa shape index (κ1) is 13.6. The summed E-state index contributed by atoms with van der Waals surface area (Å²) < 4.78 is 15.4. The first-order valence-electron chi connectivity index (χ1n) is 5.31.